The molecule has 1 aliphatic carbocycles. The predicted molar refractivity (Wildman–Crippen MR) is 77.4 cm³/mol. The summed E-state index contributed by atoms with van der Waals surface area (Å²) >= 11 is 0. The first kappa shape index (κ1) is 15.0. The summed E-state index contributed by atoms with van der Waals surface area (Å²) in [6.07, 6.45) is 2.02. The molecule has 1 saturated carbocycles. The van der Waals surface area contributed by atoms with Gasteiger partial charge in [-0.25, -0.2) is 4.39 Å². The van der Waals surface area contributed by atoms with E-state index in [2.05, 4.69) is 0 Å². The van der Waals surface area contributed by atoms with Crippen LogP contribution >= 0.6 is 0 Å². The smallest absolute Gasteiger partial charge is 0.240 e. The molecule has 0 unspecified atom stereocenters. The zero-order valence-corrected chi connectivity index (χ0v) is 12.4. The second-order valence-electron chi connectivity index (χ2n) is 6.67. The summed E-state index contributed by atoms with van der Waals surface area (Å²) in [5.41, 5.74) is 6.62. The molecule has 0 heterocycles. The number of amides is 1. The van der Waals surface area contributed by atoms with Gasteiger partial charge in [-0.05, 0) is 36.0 Å². The second kappa shape index (κ2) is 5.52. The van der Waals surface area contributed by atoms with E-state index >= 15 is 0 Å². The fourth-order valence-electron chi connectivity index (χ4n) is 2.15. The standard InChI is InChI=1S/C16H23FN2O/c1-16(2,3)14(18)15(20)19(13-7-8-13)10-11-5-4-6-12(17)9-11/h4-6,9,13-14H,7-8,10,18H2,1-3H3/t14-/m0/s1. The number of hydrogen-bond donors (Lipinski definition) is 1. The first-order chi connectivity index (χ1) is 9.29. The molecule has 20 heavy (non-hydrogen) atoms. The molecule has 1 amide bonds. The molecule has 2 N–H and O–H groups in total. The molecular weight excluding hydrogens is 255 g/mol. The minimum atomic E-state index is -0.531. The van der Waals surface area contributed by atoms with Crippen LogP contribution in [0.4, 0.5) is 4.39 Å². The third-order valence-electron chi connectivity index (χ3n) is 3.71. The van der Waals surface area contributed by atoms with Gasteiger partial charge in [0.1, 0.15) is 5.82 Å². The van der Waals surface area contributed by atoms with Crippen molar-refractivity contribution in [1.29, 1.82) is 0 Å². The molecule has 0 saturated heterocycles. The number of nitrogens with zero attached hydrogens (tertiary/aromatic N) is 1. The van der Waals surface area contributed by atoms with Gasteiger partial charge in [-0.2, -0.15) is 0 Å². The first-order valence-corrected chi connectivity index (χ1v) is 7.09. The van der Waals surface area contributed by atoms with Crippen LogP contribution in [0.3, 0.4) is 0 Å². The Kier molecular flexibility index (Phi) is 4.14. The number of hydrogen-bond acceptors (Lipinski definition) is 2. The van der Waals surface area contributed by atoms with E-state index in [1.807, 2.05) is 31.7 Å². The molecule has 1 atom stereocenters. The molecule has 0 spiro atoms. The Hall–Kier alpha value is -1.42. The Morgan fingerprint density at radius 1 is 1.45 bits per heavy atom. The molecule has 1 aromatic rings. The van der Waals surface area contributed by atoms with Crippen molar-refractivity contribution < 1.29 is 9.18 Å². The number of halogens is 1. The van der Waals surface area contributed by atoms with Crippen molar-refractivity contribution >= 4 is 5.91 Å². The Balaban J connectivity index is 2.14. The Morgan fingerprint density at radius 2 is 2.10 bits per heavy atom. The molecule has 1 aliphatic rings. The van der Waals surface area contributed by atoms with Crippen LogP contribution in [-0.2, 0) is 11.3 Å². The Morgan fingerprint density at radius 3 is 2.60 bits per heavy atom. The van der Waals surface area contributed by atoms with Crippen molar-refractivity contribution in [2.24, 2.45) is 11.1 Å². The number of nitrogens with two attached hydrogens (primary N) is 1. The fraction of sp³-hybridized carbons (Fsp3) is 0.562. The van der Waals surface area contributed by atoms with Crippen molar-refractivity contribution in [3.05, 3.63) is 35.6 Å². The molecular formula is C16H23FN2O. The van der Waals surface area contributed by atoms with Gasteiger partial charge >= 0.3 is 0 Å². The lowest BCUT2D eigenvalue weighted by molar-refractivity contribution is -0.136. The molecule has 2 rings (SSSR count). The van der Waals surface area contributed by atoms with Gasteiger partial charge in [0.15, 0.2) is 0 Å². The summed E-state index contributed by atoms with van der Waals surface area (Å²) in [4.78, 5) is 14.4. The van der Waals surface area contributed by atoms with Crippen molar-refractivity contribution in [2.45, 2.75) is 52.2 Å². The van der Waals surface area contributed by atoms with Crippen LogP contribution in [0.2, 0.25) is 0 Å². The number of carbonyl (C=O) groups is 1. The number of benzene rings is 1. The highest BCUT2D eigenvalue weighted by molar-refractivity contribution is 5.83. The van der Waals surface area contributed by atoms with Gasteiger partial charge in [0.2, 0.25) is 5.91 Å². The Labute approximate surface area is 120 Å². The topological polar surface area (TPSA) is 46.3 Å². The van der Waals surface area contributed by atoms with Crippen LogP contribution in [0, 0.1) is 11.2 Å². The van der Waals surface area contributed by atoms with E-state index in [1.54, 1.807) is 6.07 Å². The summed E-state index contributed by atoms with van der Waals surface area (Å²) in [6.45, 7) is 6.32. The molecule has 110 valence electrons. The van der Waals surface area contributed by atoms with Crippen LogP contribution in [0.1, 0.15) is 39.2 Å². The van der Waals surface area contributed by atoms with Gasteiger partial charge in [0, 0.05) is 12.6 Å². The zero-order chi connectivity index (χ0) is 14.9. The molecule has 0 aliphatic heterocycles. The van der Waals surface area contributed by atoms with E-state index in [9.17, 15) is 9.18 Å². The lowest BCUT2D eigenvalue weighted by atomic mass is 9.86. The van der Waals surface area contributed by atoms with Crippen molar-refractivity contribution in [3.8, 4) is 0 Å². The van der Waals surface area contributed by atoms with E-state index in [-0.39, 0.29) is 23.2 Å². The molecule has 0 radical (unpaired) electrons. The highest BCUT2D eigenvalue weighted by atomic mass is 19.1. The van der Waals surface area contributed by atoms with Crippen molar-refractivity contribution in [2.75, 3.05) is 0 Å². The van der Waals surface area contributed by atoms with E-state index in [1.165, 1.54) is 12.1 Å². The quantitative estimate of drug-likeness (QED) is 0.920. The summed E-state index contributed by atoms with van der Waals surface area (Å²) in [5.74, 6) is -0.310. The average molecular weight is 278 g/mol. The summed E-state index contributed by atoms with van der Waals surface area (Å²) < 4.78 is 13.3. The van der Waals surface area contributed by atoms with E-state index < -0.39 is 6.04 Å². The Bertz CT molecular complexity index is 491. The van der Waals surface area contributed by atoms with Gasteiger partial charge in [-0.1, -0.05) is 32.9 Å². The zero-order valence-electron chi connectivity index (χ0n) is 12.4. The minimum Gasteiger partial charge on any atom is -0.334 e. The van der Waals surface area contributed by atoms with Crippen LogP contribution in [-0.4, -0.2) is 22.9 Å². The lowest BCUT2D eigenvalue weighted by Crippen LogP contribution is -2.50. The molecule has 1 aromatic carbocycles. The van der Waals surface area contributed by atoms with Crippen LogP contribution < -0.4 is 5.73 Å². The van der Waals surface area contributed by atoms with Gasteiger partial charge in [0.25, 0.3) is 0 Å². The van der Waals surface area contributed by atoms with E-state index in [4.69, 9.17) is 5.73 Å². The highest BCUT2D eigenvalue weighted by Crippen LogP contribution is 2.31. The summed E-state index contributed by atoms with van der Waals surface area (Å²) in [5, 5.41) is 0. The van der Waals surface area contributed by atoms with Gasteiger partial charge in [-0.3, -0.25) is 4.79 Å². The van der Waals surface area contributed by atoms with Crippen molar-refractivity contribution in [1.82, 2.24) is 4.90 Å². The third-order valence-corrected chi connectivity index (χ3v) is 3.71. The maximum atomic E-state index is 13.3. The van der Waals surface area contributed by atoms with Crippen LogP contribution in [0.15, 0.2) is 24.3 Å². The molecule has 1 fully saturated rings. The maximum absolute atomic E-state index is 13.3. The van der Waals surface area contributed by atoms with Gasteiger partial charge in [-0.15, -0.1) is 0 Å². The number of rotatable bonds is 4. The predicted octanol–water partition coefficient (Wildman–Crippen LogP) is 2.69. The third kappa shape index (κ3) is 3.57. The van der Waals surface area contributed by atoms with E-state index in [0.717, 1.165) is 18.4 Å². The average Bonchev–Trinajstić information content (AvgIpc) is 3.17. The number of carbonyl (C=O) groups excluding carboxylic acids is 1. The fourth-order valence-corrected chi connectivity index (χ4v) is 2.15. The summed E-state index contributed by atoms with van der Waals surface area (Å²) in [6, 6.07) is 6.13. The minimum absolute atomic E-state index is 0.0377. The summed E-state index contributed by atoms with van der Waals surface area (Å²) in [7, 11) is 0. The molecule has 0 aromatic heterocycles. The van der Waals surface area contributed by atoms with Crippen LogP contribution in [0.25, 0.3) is 0 Å². The van der Waals surface area contributed by atoms with Crippen LogP contribution in [0.5, 0.6) is 0 Å². The molecule has 4 heteroatoms. The largest absolute Gasteiger partial charge is 0.334 e. The molecule has 0 bridgehead atoms. The van der Waals surface area contributed by atoms with E-state index in [0.29, 0.717) is 6.54 Å². The first-order valence-electron chi connectivity index (χ1n) is 7.09. The highest BCUT2D eigenvalue weighted by Gasteiger charge is 2.38. The van der Waals surface area contributed by atoms with Gasteiger partial charge < -0.3 is 10.6 Å². The van der Waals surface area contributed by atoms with Gasteiger partial charge in [0.05, 0.1) is 6.04 Å². The monoisotopic (exact) mass is 278 g/mol. The lowest BCUT2D eigenvalue weighted by Gasteiger charge is -2.32. The second-order valence-corrected chi connectivity index (χ2v) is 6.67. The maximum Gasteiger partial charge on any atom is 0.240 e. The normalized spacial score (nSPS) is 16.9. The van der Waals surface area contributed by atoms with Crippen molar-refractivity contribution in [3.63, 3.8) is 0 Å². The SMILES string of the molecule is CC(C)(C)[C@@H](N)C(=O)N(Cc1cccc(F)c1)C1CC1. The molecule has 3 nitrogen and oxygen atoms in total.